The molecule has 3 nitrogen and oxygen atoms in total. The Balaban J connectivity index is 2.99. The summed E-state index contributed by atoms with van der Waals surface area (Å²) in [6, 6.07) is 0. The van der Waals surface area contributed by atoms with Crippen LogP contribution < -0.4 is 0 Å². The van der Waals surface area contributed by atoms with Crippen molar-refractivity contribution >= 4 is 5.97 Å². The third kappa shape index (κ3) is 15.2. The normalized spacial score (nSPS) is 10.5. The lowest BCUT2D eigenvalue weighted by molar-refractivity contribution is -0.137. The largest absolute Gasteiger partial charge is 0.481 e. The first-order chi connectivity index (χ1) is 8.63. The molecule has 106 valence electrons. The van der Waals surface area contributed by atoms with Crippen LogP contribution in [-0.4, -0.2) is 24.3 Å². The van der Waals surface area contributed by atoms with Gasteiger partial charge in [0.05, 0.1) is 6.61 Å². The summed E-state index contributed by atoms with van der Waals surface area (Å²) in [6.07, 6.45) is 9.46. The molecule has 1 N–H and O–H groups in total. The zero-order valence-corrected chi connectivity index (χ0v) is 11.7. The maximum Gasteiger partial charge on any atom is 0.303 e. The predicted octanol–water partition coefficient (Wildman–Crippen LogP) is 4.17. The standard InChI is InChI=1S/C15H28O3/c1-14(2)13-18-12-10-8-6-4-3-5-7-9-11-15(16)17/h1,3-13H2,2H3,(H,16,17). The Hall–Kier alpha value is -0.830. The van der Waals surface area contributed by atoms with E-state index < -0.39 is 5.97 Å². The van der Waals surface area contributed by atoms with Gasteiger partial charge >= 0.3 is 5.97 Å². The van der Waals surface area contributed by atoms with Gasteiger partial charge < -0.3 is 9.84 Å². The van der Waals surface area contributed by atoms with E-state index in [1.54, 1.807) is 0 Å². The number of unbranched alkanes of at least 4 members (excludes halogenated alkanes) is 7. The Bertz CT molecular complexity index is 200. The molecule has 0 bridgehead atoms. The molecule has 0 spiro atoms. The van der Waals surface area contributed by atoms with Crippen molar-refractivity contribution in [1.82, 2.24) is 0 Å². The summed E-state index contributed by atoms with van der Waals surface area (Å²) in [7, 11) is 0. The van der Waals surface area contributed by atoms with Crippen molar-refractivity contribution in [2.45, 2.75) is 64.7 Å². The molecule has 0 amide bonds. The predicted molar refractivity (Wildman–Crippen MR) is 74.8 cm³/mol. The van der Waals surface area contributed by atoms with E-state index in [0.717, 1.165) is 31.4 Å². The van der Waals surface area contributed by atoms with Crippen LogP contribution in [0, 0.1) is 0 Å². The molecule has 0 rings (SSSR count). The molecule has 18 heavy (non-hydrogen) atoms. The number of carboxylic acid groups (broad SMARTS) is 1. The molecule has 3 heteroatoms. The second-order valence-corrected chi connectivity index (χ2v) is 4.98. The smallest absolute Gasteiger partial charge is 0.303 e. The molecule has 0 aromatic carbocycles. The van der Waals surface area contributed by atoms with Gasteiger partial charge in [0.1, 0.15) is 0 Å². The summed E-state index contributed by atoms with van der Waals surface area (Å²) in [6.45, 7) is 7.29. The van der Waals surface area contributed by atoms with Gasteiger partial charge in [-0.1, -0.05) is 50.7 Å². The van der Waals surface area contributed by atoms with Crippen molar-refractivity contribution in [2.24, 2.45) is 0 Å². The highest BCUT2D eigenvalue weighted by atomic mass is 16.5. The summed E-state index contributed by atoms with van der Waals surface area (Å²) in [5.41, 5.74) is 1.08. The molecule has 0 saturated heterocycles. The van der Waals surface area contributed by atoms with Crippen molar-refractivity contribution in [3.63, 3.8) is 0 Å². The van der Waals surface area contributed by atoms with Gasteiger partial charge in [0, 0.05) is 13.0 Å². The fourth-order valence-corrected chi connectivity index (χ4v) is 1.79. The Morgan fingerprint density at radius 2 is 1.50 bits per heavy atom. The Morgan fingerprint density at radius 3 is 2.00 bits per heavy atom. The van der Waals surface area contributed by atoms with Crippen LogP contribution in [0.5, 0.6) is 0 Å². The fourth-order valence-electron chi connectivity index (χ4n) is 1.79. The molecule has 0 aliphatic rings. The highest BCUT2D eigenvalue weighted by Gasteiger charge is 1.96. The second kappa shape index (κ2) is 12.6. The average Bonchev–Trinajstić information content (AvgIpc) is 2.29. The number of aliphatic carboxylic acids is 1. The van der Waals surface area contributed by atoms with Crippen LogP contribution in [0.4, 0.5) is 0 Å². The Kier molecular flexibility index (Phi) is 12.0. The summed E-state index contributed by atoms with van der Waals surface area (Å²) in [5.74, 6) is -0.676. The highest BCUT2D eigenvalue weighted by molar-refractivity contribution is 5.66. The number of ether oxygens (including phenoxy) is 1. The Morgan fingerprint density at radius 1 is 1.00 bits per heavy atom. The summed E-state index contributed by atoms with van der Waals surface area (Å²) in [4.78, 5) is 10.3. The third-order valence-electron chi connectivity index (χ3n) is 2.78. The van der Waals surface area contributed by atoms with Gasteiger partial charge in [-0.2, -0.15) is 0 Å². The van der Waals surface area contributed by atoms with Crippen molar-refractivity contribution in [3.8, 4) is 0 Å². The highest BCUT2D eigenvalue weighted by Crippen LogP contribution is 2.09. The molecule has 0 radical (unpaired) electrons. The first kappa shape index (κ1) is 17.2. The van der Waals surface area contributed by atoms with E-state index in [1.165, 1.54) is 32.1 Å². The van der Waals surface area contributed by atoms with E-state index in [4.69, 9.17) is 9.84 Å². The SMILES string of the molecule is C=C(C)COCCCCCCCCCCC(=O)O. The van der Waals surface area contributed by atoms with Crippen LogP contribution >= 0.6 is 0 Å². The molecule has 0 saturated carbocycles. The first-order valence-electron chi connectivity index (χ1n) is 7.07. The third-order valence-corrected chi connectivity index (χ3v) is 2.78. The topological polar surface area (TPSA) is 46.5 Å². The van der Waals surface area contributed by atoms with E-state index in [-0.39, 0.29) is 0 Å². The van der Waals surface area contributed by atoms with Crippen LogP contribution in [0.2, 0.25) is 0 Å². The van der Waals surface area contributed by atoms with Gasteiger partial charge in [-0.3, -0.25) is 4.79 Å². The summed E-state index contributed by atoms with van der Waals surface area (Å²) < 4.78 is 5.42. The van der Waals surface area contributed by atoms with Crippen LogP contribution in [0.3, 0.4) is 0 Å². The minimum absolute atomic E-state index is 0.320. The number of carbonyl (C=O) groups is 1. The zero-order valence-electron chi connectivity index (χ0n) is 11.7. The zero-order chi connectivity index (χ0) is 13.6. The minimum atomic E-state index is -0.676. The molecule has 0 fully saturated rings. The van der Waals surface area contributed by atoms with E-state index in [9.17, 15) is 4.79 Å². The van der Waals surface area contributed by atoms with Crippen molar-refractivity contribution in [2.75, 3.05) is 13.2 Å². The fraction of sp³-hybridized carbons (Fsp3) is 0.800. The molecular formula is C15H28O3. The molecule has 0 atom stereocenters. The van der Waals surface area contributed by atoms with Gasteiger partial charge in [-0.15, -0.1) is 0 Å². The number of hydrogen-bond acceptors (Lipinski definition) is 2. The number of hydrogen-bond donors (Lipinski definition) is 1. The van der Waals surface area contributed by atoms with Gasteiger partial charge in [0.25, 0.3) is 0 Å². The van der Waals surface area contributed by atoms with Gasteiger partial charge in [0.15, 0.2) is 0 Å². The Labute approximate surface area is 111 Å². The van der Waals surface area contributed by atoms with Crippen LogP contribution in [0.1, 0.15) is 64.7 Å². The molecule has 0 aliphatic heterocycles. The summed E-state index contributed by atoms with van der Waals surface area (Å²) in [5, 5.41) is 8.47. The second-order valence-electron chi connectivity index (χ2n) is 4.98. The minimum Gasteiger partial charge on any atom is -0.481 e. The van der Waals surface area contributed by atoms with Gasteiger partial charge in [-0.25, -0.2) is 0 Å². The maximum absolute atomic E-state index is 10.3. The number of carboxylic acids is 1. The van der Waals surface area contributed by atoms with Crippen LogP contribution in [0.15, 0.2) is 12.2 Å². The lowest BCUT2D eigenvalue weighted by Crippen LogP contribution is -1.97. The monoisotopic (exact) mass is 256 g/mol. The van der Waals surface area contributed by atoms with E-state index in [1.807, 2.05) is 6.92 Å². The lowest BCUT2D eigenvalue weighted by Gasteiger charge is -2.04. The lowest BCUT2D eigenvalue weighted by atomic mass is 10.1. The molecule has 0 unspecified atom stereocenters. The first-order valence-corrected chi connectivity index (χ1v) is 7.07. The van der Waals surface area contributed by atoms with E-state index in [0.29, 0.717) is 13.0 Å². The molecule has 0 aromatic rings. The molecule has 0 heterocycles. The summed E-state index contributed by atoms with van der Waals surface area (Å²) >= 11 is 0. The van der Waals surface area contributed by atoms with Crippen LogP contribution in [0.25, 0.3) is 0 Å². The molecule has 0 aromatic heterocycles. The van der Waals surface area contributed by atoms with E-state index >= 15 is 0 Å². The molecular weight excluding hydrogens is 228 g/mol. The van der Waals surface area contributed by atoms with Crippen molar-refractivity contribution in [1.29, 1.82) is 0 Å². The number of rotatable bonds is 13. The van der Waals surface area contributed by atoms with Gasteiger partial charge in [0.2, 0.25) is 0 Å². The average molecular weight is 256 g/mol. The van der Waals surface area contributed by atoms with Gasteiger partial charge in [-0.05, 0) is 19.8 Å². The van der Waals surface area contributed by atoms with Crippen LogP contribution in [-0.2, 0) is 9.53 Å². The van der Waals surface area contributed by atoms with E-state index in [2.05, 4.69) is 6.58 Å². The maximum atomic E-state index is 10.3. The van der Waals surface area contributed by atoms with Crippen molar-refractivity contribution in [3.05, 3.63) is 12.2 Å². The molecule has 0 aliphatic carbocycles. The van der Waals surface area contributed by atoms with Crippen molar-refractivity contribution < 1.29 is 14.6 Å². The quantitative estimate of drug-likeness (QED) is 0.397.